The van der Waals surface area contributed by atoms with Crippen molar-refractivity contribution in [2.75, 3.05) is 13.1 Å². The molecule has 0 radical (unpaired) electrons. The maximum atomic E-state index is 12.7. The number of hydrogen-bond donors (Lipinski definition) is 1. The Balaban J connectivity index is 1.78. The van der Waals surface area contributed by atoms with Crippen molar-refractivity contribution in [2.24, 2.45) is 0 Å². The Morgan fingerprint density at radius 3 is 2.71 bits per heavy atom. The van der Waals surface area contributed by atoms with Crippen LogP contribution in [-0.2, 0) is 4.79 Å². The number of nitrogens with zero attached hydrogens (tertiary/aromatic N) is 1. The average molecular weight is 327 g/mol. The predicted octanol–water partition coefficient (Wildman–Crippen LogP) is 3.80. The lowest BCUT2D eigenvalue weighted by molar-refractivity contribution is -0.135. The summed E-state index contributed by atoms with van der Waals surface area (Å²) in [4.78, 5) is 14.8. The van der Waals surface area contributed by atoms with E-state index in [4.69, 9.17) is 23.2 Å². The van der Waals surface area contributed by atoms with Gasteiger partial charge in [0.05, 0.1) is 22.1 Å². The summed E-state index contributed by atoms with van der Waals surface area (Å²) >= 11 is 12.1. The molecule has 114 valence electrons. The fourth-order valence-electron chi connectivity index (χ4n) is 3.36. The lowest BCUT2D eigenvalue weighted by Gasteiger charge is -2.31. The third-order valence-electron chi connectivity index (χ3n) is 4.47. The van der Waals surface area contributed by atoms with E-state index in [-0.39, 0.29) is 18.0 Å². The van der Waals surface area contributed by atoms with Crippen LogP contribution >= 0.6 is 23.2 Å². The molecule has 1 unspecified atom stereocenters. The minimum Gasteiger partial charge on any atom is -0.334 e. The number of carbonyl (C=O) groups is 1. The highest BCUT2D eigenvalue weighted by molar-refractivity contribution is 6.42. The van der Waals surface area contributed by atoms with Crippen LogP contribution in [0.25, 0.3) is 0 Å². The van der Waals surface area contributed by atoms with Crippen LogP contribution in [0, 0.1) is 0 Å². The number of nitrogens with one attached hydrogen (secondary N) is 1. The smallest absolute Gasteiger partial charge is 0.240 e. The van der Waals surface area contributed by atoms with Gasteiger partial charge in [0.1, 0.15) is 0 Å². The third-order valence-corrected chi connectivity index (χ3v) is 5.21. The summed E-state index contributed by atoms with van der Waals surface area (Å²) in [5.41, 5.74) is 1.09. The second-order valence-corrected chi connectivity index (χ2v) is 6.68. The van der Waals surface area contributed by atoms with Crippen molar-refractivity contribution in [3.05, 3.63) is 33.8 Å². The van der Waals surface area contributed by atoms with E-state index in [1.165, 1.54) is 6.42 Å². The first-order valence-corrected chi connectivity index (χ1v) is 8.41. The first kappa shape index (κ1) is 15.1. The van der Waals surface area contributed by atoms with Gasteiger partial charge in [-0.05, 0) is 49.9 Å². The highest BCUT2D eigenvalue weighted by atomic mass is 35.5. The van der Waals surface area contributed by atoms with Crippen molar-refractivity contribution in [1.29, 1.82) is 0 Å². The van der Waals surface area contributed by atoms with Crippen LogP contribution in [0.15, 0.2) is 18.2 Å². The molecule has 0 spiro atoms. The Kier molecular flexibility index (Phi) is 4.72. The number of piperidine rings is 1. The fourth-order valence-corrected chi connectivity index (χ4v) is 3.67. The van der Waals surface area contributed by atoms with Crippen molar-refractivity contribution in [1.82, 2.24) is 10.2 Å². The van der Waals surface area contributed by atoms with Crippen LogP contribution in [-0.4, -0.2) is 29.9 Å². The molecule has 3 rings (SSSR count). The predicted molar refractivity (Wildman–Crippen MR) is 85.8 cm³/mol. The Bertz CT molecular complexity index is 529. The highest BCUT2D eigenvalue weighted by Crippen LogP contribution is 2.35. The van der Waals surface area contributed by atoms with Crippen LogP contribution in [0.3, 0.4) is 0 Å². The zero-order valence-corrected chi connectivity index (χ0v) is 13.5. The lowest BCUT2D eigenvalue weighted by Crippen LogP contribution is -2.48. The number of carbonyl (C=O) groups excluding carboxylic acids is 1. The van der Waals surface area contributed by atoms with Gasteiger partial charge >= 0.3 is 0 Å². The normalized spacial score (nSPS) is 26.1. The number of rotatable bonds is 2. The van der Waals surface area contributed by atoms with E-state index in [2.05, 4.69) is 5.32 Å². The Morgan fingerprint density at radius 2 is 2.00 bits per heavy atom. The van der Waals surface area contributed by atoms with Crippen LogP contribution in [0.1, 0.15) is 43.7 Å². The number of benzene rings is 1. The molecule has 2 fully saturated rings. The van der Waals surface area contributed by atoms with Gasteiger partial charge < -0.3 is 10.2 Å². The standard InChI is InChI=1S/C16H20Cl2N2O/c17-12-7-6-11(10-13(12)18)15-5-3-9-20(15)16(21)14-4-1-2-8-19-14/h6-7,10,14-15,19H,1-5,8-9H2/t14-,15?/m1/s1. The number of amides is 1. The second-order valence-electron chi connectivity index (χ2n) is 5.87. The zero-order chi connectivity index (χ0) is 14.8. The SMILES string of the molecule is O=C([C@H]1CCCCN1)N1CCCC1c1ccc(Cl)c(Cl)c1. The quantitative estimate of drug-likeness (QED) is 0.896. The Hall–Kier alpha value is -0.770. The van der Waals surface area contributed by atoms with E-state index in [1.54, 1.807) is 0 Å². The molecule has 0 aromatic heterocycles. The molecule has 2 aliphatic rings. The van der Waals surface area contributed by atoms with Gasteiger partial charge in [-0.3, -0.25) is 4.79 Å². The highest BCUT2D eigenvalue weighted by Gasteiger charge is 2.34. The molecule has 3 nitrogen and oxygen atoms in total. The fraction of sp³-hybridized carbons (Fsp3) is 0.562. The average Bonchev–Trinajstić information content (AvgIpc) is 2.99. The molecule has 0 bridgehead atoms. The molecule has 1 N–H and O–H groups in total. The molecule has 5 heteroatoms. The molecular weight excluding hydrogens is 307 g/mol. The van der Waals surface area contributed by atoms with Crippen LogP contribution < -0.4 is 5.32 Å². The molecular formula is C16H20Cl2N2O. The van der Waals surface area contributed by atoms with Crippen molar-refractivity contribution in [3.8, 4) is 0 Å². The molecule has 1 amide bonds. The Labute approximate surface area is 135 Å². The minimum absolute atomic E-state index is 0.0119. The third kappa shape index (κ3) is 3.20. The van der Waals surface area contributed by atoms with Crippen molar-refractivity contribution in [3.63, 3.8) is 0 Å². The molecule has 0 aliphatic carbocycles. The molecule has 1 aromatic rings. The number of halogens is 2. The summed E-state index contributed by atoms with van der Waals surface area (Å²) < 4.78 is 0. The summed E-state index contributed by atoms with van der Waals surface area (Å²) in [6.07, 6.45) is 5.29. The molecule has 1 aromatic carbocycles. The van der Waals surface area contributed by atoms with Crippen molar-refractivity contribution < 1.29 is 4.79 Å². The number of hydrogen-bond acceptors (Lipinski definition) is 2. The van der Waals surface area contributed by atoms with Crippen molar-refractivity contribution in [2.45, 2.75) is 44.2 Å². The topological polar surface area (TPSA) is 32.3 Å². The van der Waals surface area contributed by atoms with E-state index in [0.717, 1.165) is 44.3 Å². The van der Waals surface area contributed by atoms with Gasteiger partial charge in [-0.25, -0.2) is 0 Å². The van der Waals surface area contributed by atoms with Gasteiger partial charge in [-0.1, -0.05) is 35.7 Å². The summed E-state index contributed by atoms with van der Waals surface area (Å²) in [6.45, 7) is 1.78. The first-order chi connectivity index (χ1) is 10.2. The maximum Gasteiger partial charge on any atom is 0.240 e. The monoisotopic (exact) mass is 326 g/mol. The van der Waals surface area contributed by atoms with E-state index in [1.807, 2.05) is 23.1 Å². The van der Waals surface area contributed by atoms with Gasteiger partial charge in [0, 0.05) is 6.54 Å². The van der Waals surface area contributed by atoms with Crippen LogP contribution in [0.5, 0.6) is 0 Å². The lowest BCUT2D eigenvalue weighted by atomic mass is 10.0. The van der Waals surface area contributed by atoms with Gasteiger partial charge in [0.25, 0.3) is 0 Å². The zero-order valence-electron chi connectivity index (χ0n) is 11.9. The van der Waals surface area contributed by atoms with Crippen molar-refractivity contribution >= 4 is 29.1 Å². The van der Waals surface area contributed by atoms with Gasteiger partial charge in [0.15, 0.2) is 0 Å². The molecule has 2 aliphatic heterocycles. The van der Waals surface area contributed by atoms with E-state index < -0.39 is 0 Å². The largest absolute Gasteiger partial charge is 0.334 e. The molecule has 2 atom stereocenters. The molecule has 21 heavy (non-hydrogen) atoms. The first-order valence-electron chi connectivity index (χ1n) is 7.65. The molecule has 0 saturated carbocycles. The minimum atomic E-state index is -0.0119. The van der Waals surface area contributed by atoms with Gasteiger partial charge in [0.2, 0.25) is 5.91 Å². The van der Waals surface area contributed by atoms with Crippen LogP contribution in [0.2, 0.25) is 10.0 Å². The summed E-state index contributed by atoms with van der Waals surface area (Å²) in [5.74, 6) is 0.239. The van der Waals surface area contributed by atoms with E-state index >= 15 is 0 Å². The summed E-state index contributed by atoms with van der Waals surface area (Å²) in [5, 5.41) is 4.47. The summed E-state index contributed by atoms with van der Waals surface area (Å²) in [7, 11) is 0. The number of likely N-dealkylation sites (tertiary alicyclic amines) is 1. The van der Waals surface area contributed by atoms with Gasteiger partial charge in [-0.2, -0.15) is 0 Å². The van der Waals surface area contributed by atoms with Crippen LogP contribution in [0.4, 0.5) is 0 Å². The maximum absolute atomic E-state index is 12.7. The van der Waals surface area contributed by atoms with E-state index in [9.17, 15) is 4.79 Å². The Morgan fingerprint density at radius 1 is 1.14 bits per heavy atom. The summed E-state index contributed by atoms with van der Waals surface area (Å²) in [6, 6.07) is 5.82. The molecule has 2 saturated heterocycles. The molecule has 2 heterocycles. The van der Waals surface area contributed by atoms with Gasteiger partial charge in [-0.15, -0.1) is 0 Å². The second kappa shape index (κ2) is 6.55. The van der Waals surface area contributed by atoms with E-state index in [0.29, 0.717) is 10.0 Å².